The van der Waals surface area contributed by atoms with Crippen LogP contribution in [-0.2, 0) is 5.41 Å². The molecule has 0 aromatic carbocycles. The minimum Gasteiger partial charge on any atom is -0.480 e. The number of aromatic nitrogens is 4. The third-order valence-corrected chi connectivity index (χ3v) is 3.39. The van der Waals surface area contributed by atoms with E-state index in [1.807, 2.05) is 20.8 Å². The fourth-order valence-electron chi connectivity index (χ4n) is 1.70. The Hall–Kier alpha value is -1.60. The van der Waals surface area contributed by atoms with Crippen LogP contribution in [0.15, 0.2) is 12.4 Å². The Morgan fingerprint density at radius 1 is 1.26 bits per heavy atom. The Bertz CT molecular complexity index is 565. The van der Waals surface area contributed by atoms with Crippen molar-refractivity contribution in [3.8, 4) is 5.88 Å². The van der Waals surface area contributed by atoms with Crippen LogP contribution in [0.3, 0.4) is 0 Å². The van der Waals surface area contributed by atoms with Gasteiger partial charge >= 0.3 is 0 Å². The SMILES string of the molecule is COc1nccnc1C(O)c1snnc1C(C)(C)C. The maximum absolute atomic E-state index is 10.5. The average molecular weight is 280 g/mol. The largest absolute Gasteiger partial charge is 0.480 e. The summed E-state index contributed by atoms with van der Waals surface area (Å²) in [5.74, 6) is 0.309. The number of ether oxygens (including phenoxy) is 1. The number of aliphatic hydroxyl groups excluding tert-OH is 1. The molecule has 0 spiro atoms. The second-order valence-corrected chi connectivity index (χ2v) is 5.87. The monoisotopic (exact) mass is 280 g/mol. The van der Waals surface area contributed by atoms with E-state index in [2.05, 4.69) is 19.6 Å². The number of rotatable bonds is 3. The van der Waals surface area contributed by atoms with Gasteiger partial charge < -0.3 is 9.84 Å². The first-order chi connectivity index (χ1) is 8.95. The first-order valence-electron chi connectivity index (χ1n) is 5.81. The van der Waals surface area contributed by atoms with Gasteiger partial charge in [-0.15, -0.1) is 5.10 Å². The standard InChI is InChI=1S/C12H16N4O2S/c1-12(2,3)10-9(19-16-15-10)8(17)7-11(18-4)14-6-5-13-7/h5-6,8,17H,1-4H3. The van der Waals surface area contributed by atoms with Crippen molar-refractivity contribution in [1.82, 2.24) is 19.6 Å². The van der Waals surface area contributed by atoms with E-state index in [0.717, 1.165) is 17.2 Å². The molecule has 2 heterocycles. The molecular weight excluding hydrogens is 264 g/mol. The highest BCUT2D eigenvalue weighted by Crippen LogP contribution is 2.34. The summed E-state index contributed by atoms with van der Waals surface area (Å²) in [5, 5.41) is 14.6. The van der Waals surface area contributed by atoms with E-state index >= 15 is 0 Å². The minimum absolute atomic E-state index is 0.196. The zero-order chi connectivity index (χ0) is 14.0. The lowest BCUT2D eigenvalue weighted by atomic mass is 9.90. The van der Waals surface area contributed by atoms with Crippen molar-refractivity contribution in [2.45, 2.75) is 32.3 Å². The zero-order valence-electron chi connectivity index (χ0n) is 11.3. The van der Waals surface area contributed by atoms with Crippen LogP contribution >= 0.6 is 11.5 Å². The van der Waals surface area contributed by atoms with E-state index in [4.69, 9.17) is 4.74 Å². The van der Waals surface area contributed by atoms with Crippen LogP contribution < -0.4 is 4.74 Å². The van der Waals surface area contributed by atoms with Crippen molar-refractivity contribution in [2.24, 2.45) is 0 Å². The van der Waals surface area contributed by atoms with Crippen LogP contribution in [0, 0.1) is 0 Å². The lowest BCUT2D eigenvalue weighted by Gasteiger charge is -2.19. The number of aliphatic hydroxyl groups is 1. The van der Waals surface area contributed by atoms with Gasteiger partial charge in [0.15, 0.2) is 0 Å². The normalized spacial score (nSPS) is 13.3. The van der Waals surface area contributed by atoms with Gasteiger partial charge in [0.25, 0.3) is 0 Å². The first-order valence-corrected chi connectivity index (χ1v) is 6.58. The second kappa shape index (κ2) is 5.18. The number of methoxy groups -OCH3 is 1. The van der Waals surface area contributed by atoms with Gasteiger partial charge in [0, 0.05) is 17.8 Å². The lowest BCUT2D eigenvalue weighted by molar-refractivity contribution is 0.208. The Morgan fingerprint density at radius 3 is 2.58 bits per heavy atom. The van der Waals surface area contributed by atoms with Gasteiger partial charge in [-0.05, 0) is 11.5 Å². The van der Waals surface area contributed by atoms with Crippen LogP contribution in [0.5, 0.6) is 5.88 Å². The van der Waals surface area contributed by atoms with Gasteiger partial charge in [-0.25, -0.2) is 4.98 Å². The van der Waals surface area contributed by atoms with Gasteiger partial charge in [0.05, 0.1) is 17.7 Å². The lowest BCUT2D eigenvalue weighted by Crippen LogP contribution is -2.16. The van der Waals surface area contributed by atoms with Crippen LogP contribution in [0.2, 0.25) is 0 Å². The number of nitrogens with zero attached hydrogens (tertiary/aromatic N) is 4. The van der Waals surface area contributed by atoms with E-state index < -0.39 is 6.10 Å². The molecule has 0 aliphatic heterocycles. The molecule has 6 nitrogen and oxygen atoms in total. The van der Waals surface area contributed by atoms with Crippen LogP contribution in [0.1, 0.15) is 43.1 Å². The predicted octanol–water partition coefficient (Wildman–Crippen LogP) is 1.72. The van der Waals surface area contributed by atoms with Gasteiger partial charge in [0.1, 0.15) is 11.8 Å². The number of hydrogen-bond acceptors (Lipinski definition) is 7. The fraction of sp³-hybridized carbons (Fsp3) is 0.500. The van der Waals surface area contributed by atoms with E-state index in [0.29, 0.717) is 16.5 Å². The Labute approximate surface area is 115 Å². The maximum atomic E-state index is 10.5. The Kier molecular flexibility index (Phi) is 3.77. The highest BCUT2D eigenvalue weighted by molar-refractivity contribution is 7.05. The van der Waals surface area contributed by atoms with Gasteiger partial charge in [-0.2, -0.15) is 0 Å². The molecule has 0 radical (unpaired) electrons. The number of hydrogen-bond donors (Lipinski definition) is 1. The molecule has 0 aliphatic carbocycles. The second-order valence-electron chi connectivity index (χ2n) is 5.09. The zero-order valence-corrected chi connectivity index (χ0v) is 12.1. The predicted molar refractivity (Wildman–Crippen MR) is 71.3 cm³/mol. The summed E-state index contributed by atoms with van der Waals surface area (Å²) in [5.41, 5.74) is 0.943. The topological polar surface area (TPSA) is 81.0 Å². The molecule has 0 amide bonds. The van der Waals surface area contributed by atoms with Crippen LogP contribution in [0.25, 0.3) is 0 Å². The Balaban J connectivity index is 2.45. The van der Waals surface area contributed by atoms with Gasteiger partial charge in [-0.1, -0.05) is 25.3 Å². The van der Waals surface area contributed by atoms with Gasteiger partial charge in [0.2, 0.25) is 5.88 Å². The molecule has 0 saturated heterocycles. The van der Waals surface area contributed by atoms with Gasteiger partial charge in [-0.3, -0.25) is 4.98 Å². The molecule has 0 saturated carbocycles. The van der Waals surface area contributed by atoms with Crippen LogP contribution in [-0.4, -0.2) is 31.8 Å². The fourth-order valence-corrected chi connectivity index (χ4v) is 2.56. The van der Waals surface area contributed by atoms with Crippen molar-refractivity contribution in [2.75, 3.05) is 7.11 Å². The van der Waals surface area contributed by atoms with Crippen molar-refractivity contribution in [3.05, 3.63) is 28.7 Å². The highest BCUT2D eigenvalue weighted by Gasteiger charge is 2.29. The van der Waals surface area contributed by atoms with Crippen molar-refractivity contribution >= 4 is 11.5 Å². The molecule has 102 valence electrons. The molecule has 0 bridgehead atoms. The maximum Gasteiger partial charge on any atom is 0.238 e. The molecule has 1 unspecified atom stereocenters. The van der Waals surface area contributed by atoms with E-state index in [1.54, 1.807) is 0 Å². The molecule has 2 aromatic heterocycles. The summed E-state index contributed by atoms with van der Waals surface area (Å²) in [4.78, 5) is 8.85. The van der Waals surface area contributed by atoms with Crippen molar-refractivity contribution in [3.63, 3.8) is 0 Å². The molecular formula is C12H16N4O2S. The molecule has 0 fully saturated rings. The van der Waals surface area contributed by atoms with Crippen LogP contribution in [0.4, 0.5) is 0 Å². The van der Waals surface area contributed by atoms with E-state index in [-0.39, 0.29) is 5.41 Å². The third-order valence-electron chi connectivity index (χ3n) is 2.62. The van der Waals surface area contributed by atoms with Crippen molar-refractivity contribution in [1.29, 1.82) is 0 Å². The summed E-state index contributed by atoms with van der Waals surface area (Å²) in [7, 11) is 1.50. The smallest absolute Gasteiger partial charge is 0.238 e. The van der Waals surface area contributed by atoms with E-state index in [1.165, 1.54) is 19.5 Å². The van der Waals surface area contributed by atoms with Crippen molar-refractivity contribution < 1.29 is 9.84 Å². The molecule has 1 N–H and O–H groups in total. The molecule has 2 rings (SSSR count). The summed E-state index contributed by atoms with van der Waals surface area (Å²) in [6.45, 7) is 6.07. The summed E-state index contributed by atoms with van der Waals surface area (Å²) >= 11 is 1.16. The molecule has 2 aromatic rings. The summed E-state index contributed by atoms with van der Waals surface area (Å²) in [6.07, 6.45) is 2.11. The summed E-state index contributed by atoms with van der Waals surface area (Å²) < 4.78 is 9.05. The minimum atomic E-state index is -0.933. The quantitative estimate of drug-likeness (QED) is 0.922. The Morgan fingerprint density at radius 2 is 1.95 bits per heavy atom. The van der Waals surface area contributed by atoms with E-state index in [9.17, 15) is 5.11 Å². The third kappa shape index (κ3) is 2.71. The molecule has 19 heavy (non-hydrogen) atoms. The highest BCUT2D eigenvalue weighted by atomic mass is 32.1. The average Bonchev–Trinajstić information content (AvgIpc) is 2.87. The first kappa shape index (κ1) is 13.8. The molecule has 0 aliphatic rings. The molecule has 1 atom stereocenters. The molecule has 7 heteroatoms. The summed E-state index contributed by atoms with van der Waals surface area (Å²) in [6, 6.07) is 0.